The molecule has 4 bridgehead atoms. The molecule has 1 nitrogen and oxygen atoms in total. The van der Waals surface area contributed by atoms with Gasteiger partial charge in [0.1, 0.15) is 5.78 Å². The van der Waals surface area contributed by atoms with Crippen LogP contribution in [0.1, 0.15) is 0 Å². The average molecular weight is 272 g/mol. The first kappa shape index (κ1) is 5.99. The van der Waals surface area contributed by atoms with Gasteiger partial charge in [0.15, 0.2) is 0 Å². The molecular formula is C10H9IO. The van der Waals surface area contributed by atoms with Crippen molar-refractivity contribution in [3.05, 3.63) is 0 Å². The first-order chi connectivity index (χ1) is 5.82. The minimum atomic E-state index is 0.571. The maximum Gasteiger partial charge on any atom is 0.140 e. The first-order valence-corrected chi connectivity index (χ1v) is 6.25. The van der Waals surface area contributed by atoms with E-state index in [1.165, 1.54) is 0 Å². The fourth-order valence-electron chi connectivity index (χ4n) is 5.77. The van der Waals surface area contributed by atoms with Gasteiger partial charge in [-0.25, -0.2) is 0 Å². The summed E-state index contributed by atoms with van der Waals surface area (Å²) in [4.78, 5) is 11.8. The predicted molar refractivity (Wildman–Crippen MR) is 50.7 cm³/mol. The topological polar surface area (TPSA) is 17.1 Å². The second kappa shape index (κ2) is 1.33. The highest BCUT2D eigenvalue weighted by atomic mass is 127. The number of Topliss-reactive ketones (excluding diaryl/α,β-unsaturated/α-hetero) is 1. The van der Waals surface area contributed by atoms with Crippen molar-refractivity contribution >= 4 is 28.4 Å². The summed E-state index contributed by atoms with van der Waals surface area (Å²) in [6, 6.07) is 0. The number of carbonyl (C=O) groups is 1. The summed E-state index contributed by atoms with van der Waals surface area (Å²) in [6.45, 7) is 0. The Balaban J connectivity index is 1.88. The summed E-state index contributed by atoms with van der Waals surface area (Å²) in [7, 11) is 0. The Morgan fingerprint density at radius 2 is 1.42 bits per heavy atom. The van der Waals surface area contributed by atoms with Crippen molar-refractivity contribution in [2.45, 2.75) is 3.92 Å². The Morgan fingerprint density at radius 3 is 2.00 bits per heavy atom. The van der Waals surface area contributed by atoms with E-state index < -0.39 is 0 Å². The van der Waals surface area contributed by atoms with Crippen molar-refractivity contribution in [3.8, 4) is 0 Å². The molecular weight excluding hydrogens is 263 g/mol. The van der Waals surface area contributed by atoms with E-state index in [0.717, 1.165) is 39.4 Å². The van der Waals surface area contributed by atoms with Crippen molar-refractivity contribution in [2.24, 2.45) is 47.3 Å². The van der Waals surface area contributed by atoms with Crippen molar-refractivity contribution in [1.82, 2.24) is 0 Å². The number of hydrogen-bond donors (Lipinski definition) is 0. The third-order valence-corrected chi connectivity index (χ3v) is 7.38. The highest BCUT2D eigenvalue weighted by Crippen LogP contribution is 2.88. The smallest absolute Gasteiger partial charge is 0.140 e. The van der Waals surface area contributed by atoms with Crippen LogP contribution in [0.2, 0.25) is 0 Å². The minimum Gasteiger partial charge on any atom is -0.299 e. The Hall–Kier alpha value is 0.400. The van der Waals surface area contributed by atoms with Gasteiger partial charge in [-0.1, -0.05) is 22.6 Å². The molecule has 0 N–H and O–H groups in total. The highest BCUT2D eigenvalue weighted by Gasteiger charge is 2.89. The van der Waals surface area contributed by atoms with Crippen LogP contribution in [-0.4, -0.2) is 9.71 Å². The zero-order valence-corrected chi connectivity index (χ0v) is 8.64. The lowest BCUT2D eigenvalue weighted by Gasteiger charge is -2.62. The van der Waals surface area contributed by atoms with E-state index in [-0.39, 0.29) is 0 Å². The first-order valence-electron chi connectivity index (χ1n) is 5.00. The number of carbonyl (C=O) groups excluding carboxylic acids is 1. The summed E-state index contributed by atoms with van der Waals surface area (Å²) < 4.78 is 0.889. The van der Waals surface area contributed by atoms with Gasteiger partial charge in [-0.05, 0) is 35.5 Å². The Kier molecular flexibility index (Phi) is 0.666. The van der Waals surface area contributed by atoms with Crippen LogP contribution in [-0.2, 0) is 4.79 Å². The summed E-state index contributed by atoms with van der Waals surface area (Å²) in [5.74, 6) is 7.44. The maximum absolute atomic E-state index is 11.8. The van der Waals surface area contributed by atoms with Crippen LogP contribution in [0.4, 0.5) is 0 Å². The summed E-state index contributed by atoms with van der Waals surface area (Å²) >= 11 is 2.63. The lowest BCUT2D eigenvalue weighted by atomic mass is 9.41. The van der Waals surface area contributed by atoms with Crippen molar-refractivity contribution < 1.29 is 4.79 Å². The van der Waals surface area contributed by atoms with E-state index in [1.807, 2.05) is 0 Å². The minimum absolute atomic E-state index is 0.571. The number of hydrogen-bond acceptors (Lipinski definition) is 1. The van der Waals surface area contributed by atoms with Crippen LogP contribution in [0.5, 0.6) is 0 Å². The summed E-state index contributed by atoms with van der Waals surface area (Å²) in [6.07, 6.45) is 0. The monoisotopic (exact) mass is 272 g/mol. The largest absolute Gasteiger partial charge is 0.299 e. The molecule has 0 radical (unpaired) electrons. The third-order valence-electron chi connectivity index (χ3n) is 5.72. The van der Waals surface area contributed by atoms with Gasteiger partial charge in [0.2, 0.25) is 0 Å². The van der Waals surface area contributed by atoms with E-state index >= 15 is 0 Å². The predicted octanol–water partition coefficient (Wildman–Crippen LogP) is 1.36. The zero-order valence-electron chi connectivity index (χ0n) is 6.48. The summed E-state index contributed by atoms with van der Waals surface area (Å²) in [5.41, 5.74) is 0. The molecule has 0 aliphatic heterocycles. The van der Waals surface area contributed by atoms with Crippen LogP contribution in [0, 0.1) is 47.3 Å². The Labute approximate surface area is 84.4 Å². The molecule has 0 spiro atoms. The van der Waals surface area contributed by atoms with Crippen LogP contribution in [0.3, 0.4) is 0 Å². The molecule has 6 saturated carbocycles. The second-order valence-corrected chi connectivity index (χ2v) is 6.80. The molecule has 0 amide bonds. The van der Waals surface area contributed by atoms with Crippen molar-refractivity contribution in [3.63, 3.8) is 0 Å². The average Bonchev–Trinajstić information content (AvgIpc) is 2.45. The molecule has 0 saturated heterocycles. The number of alkyl halides is 1. The SMILES string of the molecule is O=C1[C@@H]2[C@@H]3[C@@H]4[C@@H](I)[C@H]2[C@H]2[C@@H]1[C@@H]3[C@@H]42. The zero-order chi connectivity index (χ0) is 7.77. The van der Waals surface area contributed by atoms with E-state index in [4.69, 9.17) is 0 Å². The van der Waals surface area contributed by atoms with Gasteiger partial charge < -0.3 is 0 Å². The van der Waals surface area contributed by atoms with Crippen LogP contribution >= 0.6 is 22.6 Å². The number of ketones is 1. The fourth-order valence-corrected chi connectivity index (χ4v) is 7.65. The molecule has 2 heteroatoms. The molecule has 0 aromatic carbocycles. The van der Waals surface area contributed by atoms with E-state index in [0.29, 0.717) is 17.6 Å². The Morgan fingerprint density at radius 1 is 0.833 bits per heavy atom. The quantitative estimate of drug-likeness (QED) is 0.480. The fraction of sp³-hybridized carbons (Fsp3) is 0.900. The van der Waals surface area contributed by atoms with E-state index in [1.54, 1.807) is 0 Å². The van der Waals surface area contributed by atoms with Gasteiger partial charge in [0.05, 0.1) is 0 Å². The Bertz CT molecular complexity index is 337. The molecule has 0 heterocycles. The molecule has 6 rings (SSSR count). The second-order valence-electron chi connectivity index (χ2n) is 5.36. The molecule has 9 atom stereocenters. The molecule has 0 unspecified atom stereocenters. The molecule has 6 fully saturated rings. The van der Waals surface area contributed by atoms with Gasteiger partial charge in [-0.15, -0.1) is 0 Å². The highest BCUT2D eigenvalue weighted by molar-refractivity contribution is 14.1. The van der Waals surface area contributed by atoms with Gasteiger partial charge in [-0.2, -0.15) is 0 Å². The molecule has 0 aromatic rings. The van der Waals surface area contributed by atoms with Gasteiger partial charge in [-0.3, -0.25) is 4.79 Å². The number of rotatable bonds is 0. The van der Waals surface area contributed by atoms with Crippen molar-refractivity contribution in [1.29, 1.82) is 0 Å². The van der Waals surface area contributed by atoms with E-state index in [2.05, 4.69) is 22.6 Å². The lowest BCUT2D eigenvalue weighted by Crippen LogP contribution is -2.61. The lowest BCUT2D eigenvalue weighted by molar-refractivity contribution is -0.170. The molecule has 6 aliphatic rings. The molecule has 0 aromatic heterocycles. The molecule has 62 valence electrons. The van der Waals surface area contributed by atoms with Gasteiger partial charge >= 0.3 is 0 Å². The number of halogens is 1. The van der Waals surface area contributed by atoms with Gasteiger partial charge in [0.25, 0.3) is 0 Å². The van der Waals surface area contributed by atoms with Crippen LogP contribution in [0.15, 0.2) is 0 Å². The van der Waals surface area contributed by atoms with Crippen LogP contribution in [0.25, 0.3) is 0 Å². The van der Waals surface area contributed by atoms with Gasteiger partial charge in [0, 0.05) is 15.8 Å². The normalized spacial score (nSPS) is 84.4. The third kappa shape index (κ3) is 0.289. The molecule has 12 heavy (non-hydrogen) atoms. The maximum atomic E-state index is 11.8. The molecule has 6 aliphatic carbocycles. The van der Waals surface area contributed by atoms with E-state index in [9.17, 15) is 4.79 Å². The summed E-state index contributed by atoms with van der Waals surface area (Å²) in [5, 5.41) is 0. The standard InChI is InChI=1S/C10H9IO/c11-9-5-1-2-4(5)8-6(9)3(1)7(2)10(8)12/h1-9H/t1-,2-,3+,4+,5-,6+,7+,8-,9-/m1/s1. The van der Waals surface area contributed by atoms with Crippen molar-refractivity contribution in [2.75, 3.05) is 0 Å². The van der Waals surface area contributed by atoms with Crippen LogP contribution < -0.4 is 0 Å².